The highest BCUT2D eigenvalue weighted by Crippen LogP contribution is 2.36. The third-order valence-electron chi connectivity index (χ3n) is 7.98. The van der Waals surface area contributed by atoms with Crippen molar-refractivity contribution in [2.24, 2.45) is 5.73 Å². The standard InChI is InChI=1S/C40H37Cl2N3O/c1-44(2)34-21-13-29(14-22-34)38(27-9-17-32(41)18-10-27)25-31(36-7-5-6-8-37(36)40(43)46)26-39(28-11-19-33(42)20-12-28)30-15-23-35(24-16-30)45(3)4/h5-26,31H,1-4H3,(H2,43,46). The van der Waals surface area contributed by atoms with Crippen molar-refractivity contribution in [3.05, 3.63) is 177 Å². The minimum atomic E-state index is -0.478. The van der Waals surface area contributed by atoms with Gasteiger partial charge >= 0.3 is 0 Å². The quantitative estimate of drug-likeness (QED) is 0.164. The Hall–Kier alpha value is -4.77. The Bertz CT molecular complexity index is 1750. The van der Waals surface area contributed by atoms with Gasteiger partial charge < -0.3 is 15.5 Å². The molecule has 1 amide bonds. The first kappa shape index (κ1) is 32.6. The molecule has 2 N–H and O–H groups in total. The van der Waals surface area contributed by atoms with E-state index in [2.05, 4.69) is 70.5 Å². The smallest absolute Gasteiger partial charge is 0.249 e. The number of carbonyl (C=O) groups excluding carboxylic acids is 1. The van der Waals surface area contributed by atoms with Crippen LogP contribution >= 0.6 is 23.2 Å². The van der Waals surface area contributed by atoms with E-state index in [1.54, 1.807) is 6.07 Å². The largest absolute Gasteiger partial charge is 0.378 e. The molecule has 5 aromatic rings. The molecule has 6 heteroatoms. The summed E-state index contributed by atoms with van der Waals surface area (Å²) in [4.78, 5) is 16.9. The number of allylic oxidation sites excluding steroid dienone is 2. The summed E-state index contributed by atoms with van der Waals surface area (Å²) in [7, 11) is 8.09. The Balaban J connectivity index is 1.80. The second-order valence-corrected chi connectivity index (χ2v) is 12.4. The molecule has 0 aromatic heterocycles. The molecular weight excluding hydrogens is 609 g/mol. The van der Waals surface area contributed by atoms with Crippen LogP contribution in [0.3, 0.4) is 0 Å². The predicted octanol–water partition coefficient (Wildman–Crippen LogP) is 9.57. The number of amides is 1. The Morgan fingerprint density at radius 3 is 1.26 bits per heavy atom. The number of carbonyl (C=O) groups is 1. The van der Waals surface area contributed by atoms with Crippen LogP contribution in [0.15, 0.2) is 133 Å². The second-order valence-electron chi connectivity index (χ2n) is 11.5. The van der Waals surface area contributed by atoms with Gasteiger partial charge in [-0.3, -0.25) is 4.79 Å². The first-order valence-corrected chi connectivity index (χ1v) is 15.8. The van der Waals surface area contributed by atoms with E-state index >= 15 is 0 Å². The molecule has 0 heterocycles. The van der Waals surface area contributed by atoms with E-state index in [1.165, 1.54) is 0 Å². The fourth-order valence-electron chi connectivity index (χ4n) is 5.45. The van der Waals surface area contributed by atoms with Crippen molar-refractivity contribution in [1.29, 1.82) is 0 Å². The Labute approximate surface area is 282 Å². The molecule has 0 radical (unpaired) electrons. The molecule has 0 atom stereocenters. The Morgan fingerprint density at radius 1 is 0.565 bits per heavy atom. The zero-order chi connectivity index (χ0) is 32.8. The SMILES string of the molecule is CN(C)c1ccc(C(=CC(C=C(c2ccc(Cl)cc2)c2ccc(N(C)C)cc2)c2ccccc2C(N)=O)c2ccc(Cl)cc2)cc1. The van der Waals surface area contributed by atoms with Gasteiger partial charge in [-0.15, -0.1) is 0 Å². The summed E-state index contributed by atoms with van der Waals surface area (Å²) < 4.78 is 0. The first-order valence-electron chi connectivity index (χ1n) is 15.0. The summed E-state index contributed by atoms with van der Waals surface area (Å²) in [6.45, 7) is 0. The molecule has 0 bridgehead atoms. The Morgan fingerprint density at radius 2 is 0.913 bits per heavy atom. The van der Waals surface area contributed by atoms with Crippen LogP contribution < -0.4 is 15.5 Å². The van der Waals surface area contributed by atoms with Crippen LogP contribution in [0.5, 0.6) is 0 Å². The number of primary amides is 1. The average molecular weight is 647 g/mol. The van der Waals surface area contributed by atoms with Crippen LogP contribution in [-0.2, 0) is 0 Å². The maximum atomic E-state index is 12.8. The highest BCUT2D eigenvalue weighted by atomic mass is 35.5. The van der Waals surface area contributed by atoms with Crippen molar-refractivity contribution in [3.8, 4) is 0 Å². The van der Waals surface area contributed by atoms with E-state index in [9.17, 15) is 4.79 Å². The lowest BCUT2D eigenvalue weighted by Crippen LogP contribution is -2.15. The van der Waals surface area contributed by atoms with Crippen molar-refractivity contribution in [3.63, 3.8) is 0 Å². The molecule has 232 valence electrons. The zero-order valence-electron chi connectivity index (χ0n) is 26.4. The van der Waals surface area contributed by atoms with E-state index in [4.69, 9.17) is 28.9 Å². The number of benzene rings is 5. The number of nitrogens with zero attached hydrogens (tertiary/aromatic N) is 2. The van der Waals surface area contributed by atoms with Gasteiger partial charge in [0.2, 0.25) is 5.91 Å². The summed E-state index contributed by atoms with van der Waals surface area (Å²) in [5.74, 6) is -0.823. The van der Waals surface area contributed by atoms with E-state index in [-0.39, 0.29) is 5.92 Å². The van der Waals surface area contributed by atoms with Crippen molar-refractivity contribution in [2.45, 2.75) is 5.92 Å². The van der Waals surface area contributed by atoms with Crippen LogP contribution in [-0.4, -0.2) is 34.1 Å². The topological polar surface area (TPSA) is 49.6 Å². The van der Waals surface area contributed by atoms with Crippen LogP contribution in [0.4, 0.5) is 11.4 Å². The minimum Gasteiger partial charge on any atom is -0.378 e. The summed E-state index contributed by atoms with van der Waals surface area (Å²) in [5, 5.41) is 1.32. The van der Waals surface area contributed by atoms with Crippen LogP contribution in [0.1, 0.15) is 44.1 Å². The fraction of sp³-hybridized carbons (Fsp3) is 0.125. The summed E-state index contributed by atoms with van der Waals surface area (Å²) in [6.07, 6.45) is 4.42. The molecule has 46 heavy (non-hydrogen) atoms. The van der Waals surface area contributed by atoms with Crippen molar-refractivity contribution < 1.29 is 4.79 Å². The van der Waals surface area contributed by atoms with E-state index < -0.39 is 5.91 Å². The van der Waals surface area contributed by atoms with Gasteiger partial charge in [0.1, 0.15) is 0 Å². The maximum absolute atomic E-state index is 12.8. The normalized spacial score (nSPS) is 12.5. The summed E-state index contributed by atoms with van der Waals surface area (Å²) in [6, 6.07) is 40.1. The molecule has 4 nitrogen and oxygen atoms in total. The van der Waals surface area contributed by atoms with Crippen molar-refractivity contribution >= 4 is 51.6 Å². The Kier molecular flexibility index (Phi) is 10.3. The molecule has 0 unspecified atom stereocenters. The van der Waals surface area contributed by atoms with E-state index in [0.717, 1.165) is 50.3 Å². The highest BCUT2D eigenvalue weighted by Gasteiger charge is 2.19. The third-order valence-corrected chi connectivity index (χ3v) is 8.48. The van der Waals surface area contributed by atoms with Gasteiger partial charge in [-0.05, 0) is 93.6 Å². The zero-order valence-corrected chi connectivity index (χ0v) is 27.9. The minimum absolute atomic E-state index is 0.345. The number of hydrogen-bond acceptors (Lipinski definition) is 3. The van der Waals surface area contributed by atoms with Crippen LogP contribution in [0, 0.1) is 0 Å². The van der Waals surface area contributed by atoms with Crippen LogP contribution in [0.2, 0.25) is 10.0 Å². The van der Waals surface area contributed by atoms with E-state index in [1.807, 2.05) is 94.9 Å². The van der Waals surface area contributed by atoms with Gasteiger partial charge in [-0.2, -0.15) is 0 Å². The summed E-state index contributed by atoms with van der Waals surface area (Å²) >= 11 is 12.6. The van der Waals surface area contributed by atoms with Gasteiger partial charge in [0, 0.05) is 61.1 Å². The first-order chi connectivity index (χ1) is 22.1. The number of hydrogen-bond donors (Lipinski definition) is 1. The maximum Gasteiger partial charge on any atom is 0.249 e. The molecule has 5 rings (SSSR count). The van der Waals surface area contributed by atoms with Crippen molar-refractivity contribution in [2.75, 3.05) is 38.0 Å². The molecule has 5 aromatic carbocycles. The van der Waals surface area contributed by atoms with Gasteiger partial charge in [0.25, 0.3) is 0 Å². The molecule has 0 aliphatic rings. The lowest BCUT2D eigenvalue weighted by Gasteiger charge is -2.20. The predicted molar refractivity (Wildman–Crippen MR) is 196 cm³/mol. The van der Waals surface area contributed by atoms with Gasteiger partial charge in [0.15, 0.2) is 0 Å². The number of halogens is 2. The second kappa shape index (κ2) is 14.6. The molecule has 0 spiro atoms. The highest BCUT2D eigenvalue weighted by molar-refractivity contribution is 6.30. The lowest BCUT2D eigenvalue weighted by molar-refractivity contribution is 0.0999. The molecule has 0 aliphatic carbocycles. The molecule has 0 saturated carbocycles. The number of rotatable bonds is 10. The van der Waals surface area contributed by atoms with Gasteiger partial charge in [0.05, 0.1) is 0 Å². The number of anilines is 2. The number of nitrogens with two attached hydrogens (primary N) is 1. The van der Waals surface area contributed by atoms with Crippen LogP contribution in [0.25, 0.3) is 11.1 Å². The van der Waals surface area contributed by atoms with E-state index in [0.29, 0.717) is 15.6 Å². The molecule has 0 fully saturated rings. The average Bonchev–Trinajstić information content (AvgIpc) is 3.06. The molecule has 0 aliphatic heterocycles. The fourth-order valence-corrected chi connectivity index (χ4v) is 5.71. The van der Waals surface area contributed by atoms with Gasteiger partial charge in [-0.1, -0.05) is 102 Å². The molecule has 0 saturated heterocycles. The van der Waals surface area contributed by atoms with Crippen molar-refractivity contribution in [1.82, 2.24) is 0 Å². The third kappa shape index (κ3) is 7.71. The molecular formula is C40H37Cl2N3O. The van der Waals surface area contributed by atoms with Gasteiger partial charge in [-0.25, -0.2) is 0 Å². The summed E-state index contributed by atoms with van der Waals surface area (Å²) in [5.41, 5.74) is 15.5. The monoisotopic (exact) mass is 645 g/mol. The lowest BCUT2D eigenvalue weighted by atomic mass is 9.85.